The van der Waals surface area contributed by atoms with Crippen LogP contribution in [0, 0.1) is 5.92 Å². The van der Waals surface area contributed by atoms with Gasteiger partial charge >= 0.3 is 5.97 Å². The smallest absolute Gasteiger partial charge is 0.326 e. The molecule has 5 N–H and O–H groups in total. The number of rotatable bonds is 11. The van der Waals surface area contributed by atoms with Gasteiger partial charge in [-0.3, -0.25) is 14.4 Å². The van der Waals surface area contributed by atoms with Crippen molar-refractivity contribution in [3.05, 3.63) is 35.9 Å². The second-order valence-corrected chi connectivity index (χ2v) is 8.58. The van der Waals surface area contributed by atoms with Crippen molar-refractivity contribution in [2.75, 3.05) is 12.3 Å². The van der Waals surface area contributed by atoms with Gasteiger partial charge in [0, 0.05) is 12.2 Å². The zero-order valence-corrected chi connectivity index (χ0v) is 19.2. The van der Waals surface area contributed by atoms with Crippen molar-refractivity contribution in [2.45, 2.75) is 57.3 Å². The molecule has 0 aliphatic carbocycles. The van der Waals surface area contributed by atoms with Crippen LogP contribution in [0.3, 0.4) is 0 Å². The zero-order valence-electron chi connectivity index (χ0n) is 18.3. The highest BCUT2D eigenvalue weighted by Gasteiger charge is 2.31. The lowest BCUT2D eigenvalue weighted by molar-refractivity contribution is -0.143. The molecule has 176 valence electrons. The molecule has 0 saturated carbocycles. The third kappa shape index (κ3) is 7.52. The van der Waals surface area contributed by atoms with E-state index in [2.05, 4.69) is 33.9 Å². The average Bonchev–Trinajstić information content (AvgIpc) is 3.30. The summed E-state index contributed by atoms with van der Waals surface area (Å²) in [5, 5.41) is 20.3. The van der Waals surface area contributed by atoms with Gasteiger partial charge in [-0.25, -0.2) is 4.79 Å². The third-order valence-corrected chi connectivity index (χ3v) is 5.70. The predicted octanol–water partition coefficient (Wildman–Crippen LogP) is 0.106. The summed E-state index contributed by atoms with van der Waals surface area (Å²) in [5.41, 5.74) is 0.797. The third-order valence-electron chi connectivity index (χ3n) is 5.34. The van der Waals surface area contributed by atoms with Gasteiger partial charge in [-0.05, 0) is 30.9 Å². The molecule has 0 aromatic heterocycles. The Morgan fingerprint density at radius 3 is 2.25 bits per heavy atom. The number of amides is 3. The van der Waals surface area contributed by atoms with Gasteiger partial charge in [0.2, 0.25) is 17.7 Å². The molecule has 1 aliphatic heterocycles. The summed E-state index contributed by atoms with van der Waals surface area (Å²) in [5.74, 6) is -2.89. The standard InChI is InChI=1S/C22H32N4O5S/c1-13(2)18(22(30)31)26-20(28)16(11-14-7-4-3-5-8-14)24-21(29)17(12-32)25-19(27)15-9-6-10-23-15/h3-5,7-8,13,15-18,23,32H,6,9-12H2,1-2H3,(H,24,29)(H,25,27)(H,26,28)(H,30,31). The maximum Gasteiger partial charge on any atom is 0.326 e. The van der Waals surface area contributed by atoms with E-state index in [1.165, 1.54) is 0 Å². The molecule has 9 nitrogen and oxygen atoms in total. The predicted molar refractivity (Wildman–Crippen MR) is 123 cm³/mol. The van der Waals surface area contributed by atoms with Gasteiger partial charge in [0.1, 0.15) is 18.1 Å². The van der Waals surface area contributed by atoms with Crippen LogP contribution in [0.5, 0.6) is 0 Å². The summed E-state index contributed by atoms with van der Waals surface area (Å²) in [6.07, 6.45) is 1.74. The summed E-state index contributed by atoms with van der Waals surface area (Å²) in [4.78, 5) is 49.7. The lowest BCUT2D eigenvalue weighted by Crippen LogP contribution is -2.58. The van der Waals surface area contributed by atoms with Gasteiger partial charge < -0.3 is 26.4 Å². The van der Waals surface area contributed by atoms with Crippen molar-refractivity contribution in [3.8, 4) is 0 Å². The summed E-state index contributed by atoms with van der Waals surface area (Å²) in [6, 6.07) is 5.69. The van der Waals surface area contributed by atoms with E-state index >= 15 is 0 Å². The fraction of sp³-hybridized carbons (Fsp3) is 0.545. The first-order valence-corrected chi connectivity index (χ1v) is 11.4. The lowest BCUT2D eigenvalue weighted by Gasteiger charge is -2.25. The molecule has 1 fully saturated rings. The van der Waals surface area contributed by atoms with Crippen LogP contribution in [0.1, 0.15) is 32.3 Å². The second-order valence-electron chi connectivity index (χ2n) is 8.21. The number of carboxylic acid groups (broad SMARTS) is 1. The Bertz CT molecular complexity index is 799. The van der Waals surface area contributed by atoms with Crippen molar-refractivity contribution in [2.24, 2.45) is 5.92 Å². The van der Waals surface area contributed by atoms with E-state index in [1.807, 2.05) is 30.3 Å². The molecule has 4 unspecified atom stereocenters. The van der Waals surface area contributed by atoms with Crippen LogP contribution in [0.25, 0.3) is 0 Å². The Hall–Kier alpha value is -2.59. The molecule has 4 atom stereocenters. The first-order valence-electron chi connectivity index (χ1n) is 10.7. The molecule has 3 amide bonds. The van der Waals surface area contributed by atoms with Crippen molar-refractivity contribution in [1.29, 1.82) is 0 Å². The van der Waals surface area contributed by atoms with E-state index in [4.69, 9.17) is 0 Å². The normalized spacial score (nSPS) is 18.4. The first kappa shape index (κ1) is 25.7. The highest BCUT2D eigenvalue weighted by Crippen LogP contribution is 2.08. The fourth-order valence-electron chi connectivity index (χ4n) is 3.47. The lowest BCUT2D eigenvalue weighted by atomic mass is 10.0. The van der Waals surface area contributed by atoms with Gasteiger partial charge in [0.05, 0.1) is 6.04 Å². The molecule has 1 heterocycles. The summed E-state index contributed by atoms with van der Waals surface area (Å²) in [7, 11) is 0. The Balaban J connectivity index is 2.12. The summed E-state index contributed by atoms with van der Waals surface area (Å²) >= 11 is 4.18. The van der Waals surface area contributed by atoms with E-state index < -0.39 is 35.9 Å². The van der Waals surface area contributed by atoms with Crippen LogP contribution >= 0.6 is 12.6 Å². The highest BCUT2D eigenvalue weighted by atomic mass is 32.1. The van der Waals surface area contributed by atoms with Crippen LogP contribution < -0.4 is 21.3 Å². The zero-order chi connectivity index (χ0) is 23.7. The maximum absolute atomic E-state index is 12.9. The van der Waals surface area contributed by atoms with Crippen molar-refractivity contribution < 1.29 is 24.3 Å². The number of hydrogen-bond acceptors (Lipinski definition) is 6. The number of aliphatic carboxylic acids is 1. The Morgan fingerprint density at radius 2 is 1.72 bits per heavy atom. The maximum atomic E-state index is 12.9. The molecule has 10 heteroatoms. The number of carbonyl (C=O) groups is 4. The van der Waals surface area contributed by atoms with E-state index in [1.54, 1.807) is 13.8 Å². The van der Waals surface area contributed by atoms with Gasteiger partial charge in [0.15, 0.2) is 0 Å². The Morgan fingerprint density at radius 1 is 1.06 bits per heavy atom. The minimum Gasteiger partial charge on any atom is -0.480 e. The number of thiol groups is 1. The molecule has 2 rings (SSSR count). The van der Waals surface area contributed by atoms with Crippen LogP contribution in [0.15, 0.2) is 30.3 Å². The van der Waals surface area contributed by atoms with Gasteiger partial charge in [-0.1, -0.05) is 44.2 Å². The Kier molecular flexibility index (Phi) is 9.98. The number of carboxylic acids is 1. The van der Waals surface area contributed by atoms with Crippen molar-refractivity contribution >= 4 is 36.3 Å². The summed E-state index contributed by atoms with van der Waals surface area (Å²) in [6.45, 7) is 4.12. The first-order chi connectivity index (χ1) is 15.2. The number of hydrogen-bond donors (Lipinski definition) is 6. The van der Waals surface area contributed by atoms with Crippen LogP contribution in [0.2, 0.25) is 0 Å². The number of benzene rings is 1. The average molecular weight is 465 g/mol. The van der Waals surface area contributed by atoms with E-state index in [0.717, 1.165) is 18.5 Å². The second kappa shape index (κ2) is 12.4. The largest absolute Gasteiger partial charge is 0.480 e. The van der Waals surface area contributed by atoms with E-state index in [-0.39, 0.29) is 30.0 Å². The number of nitrogens with one attached hydrogen (secondary N) is 4. The molecule has 1 aromatic carbocycles. The highest BCUT2D eigenvalue weighted by molar-refractivity contribution is 7.80. The van der Waals surface area contributed by atoms with E-state index in [0.29, 0.717) is 6.42 Å². The fourth-order valence-corrected chi connectivity index (χ4v) is 3.73. The number of carbonyl (C=O) groups excluding carboxylic acids is 3. The molecule has 0 bridgehead atoms. The molecule has 0 radical (unpaired) electrons. The minimum atomic E-state index is -1.15. The van der Waals surface area contributed by atoms with Gasteiger partial charge in [-0.2, -0.15) is 12.6 Å². The molecule has 1 aliphatic rings. The molecule has 1 aromatic rings. The van der Waals surface area contributed by atoms with Gasteiger partial charge in [-0.15, -0.1) is 0 Å². The topological polar surface area (TPSA) is 137 Å². The SMILES string of the molecule is CC(C)C(NC(=O)C(Cc1ccccc1)NC(=O)C(CS)NC(=O)C1CCCN1)C(=O)O. The Labute approximate surface area is 193 Å². The molecule has 0 spiro atoms. The quantitative estimate of drug-likeness (QED) is 0.257. The van der Waals surface area contributed by atoms with Gasteiger partial charge in [0.25, 0.3) is 0 Å². The molecular formula is C22H32N4O5S. The molecule has 32 heavy (non-hydrogen) atoms. The van der Waals surface area contributed by atoms with Crippen LogP contribution in [0.4, 0.5) is 0 Å². The van der Waals surface area contributed by atoms with Crippen molar-refractivity contribution in [1.82, 2.24) is 21.3 Å². The van der Waals surface area contributed by atoms with Crippen LogP contribution in [-0.4, -0.2) is 65.3 Å². The van der Waals surface area contributed by atoms with Crippen LogP contribution in [-0.2, 0) is 25.6 Å². The molecule has 1 saturated heterocycles. The minimum absolute atomic E-state index is 0.0493. The monoisotopic (exact) mass is 464 g/mol. The molecular weight excluding hydrogens is 432 g/mol. The summed E-state index contributed by atoms with van der Waals surface area (Å²) < 4.78 is 0. The van der Waals surface area contributed by atoms with E-state index in [9.17, 15) is 24.3 Å². The van der Waals surface area contributed by atoms with Crippen molar-refractivity contribution in [3.63, 3.8) is 0 Å².